The van der Waals surface area contributed by atoms with E-state index in [0.29, 0.717) is 25.8 Å². The molecule has 4 nitrogen and oxygen atoms in total. The smallest absolute Gasteiger partial charge is 0.220 e. The van der Waals surface area contributed by atoms with Crippen molar-refractivity contribution in [2.24, 2.45) is 0 Å². The highest BCUT2D eigenvalue weighted by atomic mass is 16.3. The van der Waals surface area contributed by atoms with Crippen molar-refractivity contribution in [2.75, 3.05) is 6.54 Å². The maximum absolute atomic E-state index is 11.5. The van der Waals surface area contributed by atoms with E-state index in [2.05, 4.69) is 5.32 Å². The number of aromatic hydroxyl groups is 1. The minimum absolute atomic E-state index is 0.0242. The normalized spacial score (nSPS) is 12.1. The van der Waals surface area contributed by atoms with Crippen LogP contribution in [0.5, 0.6) is 5.75 Å². The summed E-state index contributed by atoms with van der Waals surface area (Å²) in [4.78, 5) is 11.5. The zero-order valence-corrected chi connectivity index (χ0v) is 10.7. The molecule has 0 aliphatic heterocycles. The van der Waals surface area contributed by atoms with Gasteiger partial charge in [0.1, 0.15) is 5.75 Å². The second-order valence-electron chi connectivity index (χ2n) is 4.47. The molecule has 1 aromatic carbocycles. The second kappa shape index (κ2) is 7.71. The lowest BCUT2D eigenvalue weighted by molar-refractivity contribution is -0.121. The topological polar surface area (TPSA) is 69.6 Å². The first-order valence-electron chi connectivity index (χ1n) is 6.31. The van der Waals surface area contributed by atoms with Crippen LogP contribution in [0.3, 0.4) is 0 Å². The third kappa shape index (κ3) is 5.68. The molecule has 0 saturated carbocycles. The van der Waals surface area contributed by atoms with Crippen LogP contribution in [0.4, 0.5) is 0 Å². The van der Waals surface area contributed by atoms with Gasteiger partial charge in [-0.1, -0.05) is 18.2 Å². The van der Waals surface area contributed by atoms with Gasteiger partial charge in [-0.3, -0.25) is 4.79 Å². The zero-order valence-electron chi connectivity index (χ0n) is 10.7. The summed E-state index contributed by atoms with van der Waals surface area (Å²) in [5.41, 5.74) is 0.789. The van der Waals surface area contributed by atoms with Crippen molar-refractivity contribution in [1.82, 2.24) is 5.32 Å². The Balaban J connectivity index is 2.19. The van der Waals surface area contributed by atoms with Crippen molar-refractivity contribution in [3.8, 4) is 5.75 Å². The Morgan fingerprint density at radius 3 is 2.78 bits per heavy atom. The number of phenols is 1. The van der Waals surface area contributed by atoms with E-state index >= 15 is 0 Å². The van der Waals surface area contributed by atoms with Gasteiger partial charge < -0.3 is 15.5 Å². The monoisotopic (exact) mass is 251 g/mol. The van der Waals surface area contributed by atoms with E-state index in [4.69, 9.17) is 5.11 Å². The SMILES string of the molecule is CC(O)CCCNC(=O)CCc1ccccc1O. The predicted molar refractivity (Wildman–Crippen MR) is 70.4 cm³/mol. The van der Waals surface area contributed by atoms with E-state index < -0.39 is 0 Å². The second-order valence-corrected chi connectivity index (χ2v) is 4.47. The summed E-state index contributed by atoms with van der Waals surface area (Å²) in [5.74, 6) is 0.211. The molecule has 0 aliphatic carbocycles. The number of carbonyl (C=O) groups excluding carboxylic acids is 1. The minimum atomic E-state index is -0.317. The zero-order chi connectivity index (χ0) is 13.4. The number of phenolic OH excluding ortho intramolecular Hbond substituents is 1. The van der Waals surface area contributed by atoms with E-state index in [1.807, 2.05) is 12.1 Å². The molecule has 0 bridgehead atoms. The lowest BCUT2D eigenvalue weighted by Crippen LogP contribution is -2.25. The number of rotatable bonds is 7. The van der Waals surface area contributed by atoms with Gasteiger partial charge in [-0.15, -0.1) is 0 Å². The molecule has 0 aliphatic rings. The van der Waals surface area contributed by atoms with Crippen molar-refractivity contribution >= 4 is 5.91 Å². The van der Waals surface area contributed by atoms with Gasteiger partial charge in [-0.05, 0) is 37.8 Å². The number of nitrogens with one attached hydrogen (secondary N) is 1. The Kier molecular flexibility index (Phi) is 6.22. The van der Waals surface area contributed by atoms with E-state index in [1.54, 1.807) is 19.1 Å². The first kappa shape index (κ1) is 14.5. The summed E-state index contributed by atoms with van der Waals surface area (Å²) in [6, 6.07) is 7.04. The van der Waals surface area contributed by atoms with Gasteiger partial charge >= 0.3 is 0 Å². The van der Waals surface area contributed by atoms with Crippen LogP contribution in [0, 0.1) is 0 Å². The summed E-state index contributed by atoms with van der Waals surface area (Å²) >= 11 is 0. The Labute approximate surface area is 108 Å². The molecule has 0 aromatic heterocycles. The average Bonchev–Trinajstić information content (AvgIpc) is 2.33. The summed E-state index contributed by atoms with van der Waals surface area (Å²) in [6.45, 7) is 2.32. The summed E-state index contributed by atoms with van der Waals surface area (Å²) < 4.78 is 0. The molecule has 1 unspecified atom stereocenters. The van der Waals surface area contributed by atoms with Gasteiger partial charge in [0.05, 0.1) is 6.10 Å². The van der Waals surface area contributed by atoms with Gasteiger partial charge in [-0.25, -0.2) is 0 Å². The molecule has 100 valence electrons. The first-order chi connectivity index (χ1) is 8.59. The van der Waals surface area contributed by atoms with Gasteiger partial charge in [0.2, 0.25) is 5.91 Å². The molecule has 0 saturated heterocycles. The van der Waals surface area contributed by atoms with Gasteiger partial charge in [-0.2, -0.15) is 0 Å². The minimum Gasteiger partial charge on any atom is -0.508 e. The number of benzene rings is 1. The fourth-order valence-corrected chi connectivity index (χ4v) is 1.68. The van der Waals surface area contributed by atoms with Crippen LogP contribution in [-0.2, 0) is 11.2 Å². The maximum atomic E-state index is 11.5. The van der Waals surface area contributed by atoms with Crippen molar-refractivity contribution in [2.45, 2.75) is 38.7 Å². The maximum Gasteiger partial charge on any atom is 0.220 e. The third-order valence-electron chi connectivity index (χ3n) is 2.73. The molecule has 4 heteroatoms. The van der Waals surface area contributed by atoms with Crippen LogP contribution in [0.25, 0.3) is 0 Å². The van der Waals surface area contributed by atoms with Crippen LogP contribution in [0.1, 0.15) is 31.7 Å². The van der Waals surface area contributed by atoms with Gasteiger partial charge in [0.25, 0.3) is 0 Å². The molecule has 0 spiro atoms. The van der Waals surface area contributed by atoms with E-state index in [-0.39, 0.29) is 17.8 Å². The first-order valence-corrected chi connectivity index (χ1v) is 6.31. The largest absolute Gasteiger partial charge is 0.508 e. The highest BCUT2D eigenvalue weighted by Gasteiger charge is 2.05. The lowest BCUT2D eigenvalue weighted by atomic mass is 10.1. The molecule has 1 aromatic rings. The highest BCUT2D eigenvalue weighted by Crippen LogP contribution is 2.16. The molecule has 1 atom stereocenters. The number of carbonyl (C=O) groups is 1. The number of aliphatic hydroxyl groups excluding tert-OH is 1. The molecule has 3 N–H and O–H groups in total. The number of amides is 1. The van der Waals surface area contributed by atoms with Gasteiger partial charge in [0, 0.05) is 13.0 Å². The quantitative estimate of drug-likeness (QED) is 0.645. The van der Waals surface area contributed by atoms with E-state index in [9.17, 15) is 9.90 Å². The lowest BCUT2D eigenvalue weighted by Gasteiger charge is -2.07. The predicted octanol–water partition coefficient (Wildman–Crippen LogP) is 1.60. The molecule has 18 heavy (non-hydrogen) atoms. The number of hydrogen-bond acceptors (Lipinski definition) is 3. The Morgan fingerprint density at radius 2 is 2.11 bits per heavy atom. The molecular weight excluding hydrogens is 230 g/mol. The van der Waals surface area contributed by atoms with E-state index in [0.717, 1.165) is 12.0 Å². The molecular formula is C14H21NO3. The Hall–Kier alpha value is -1.55. The molecule has 0 heterocycles. The summed E-state index contributed by atoms with van der Waals surface area (Å²) in [5, 5.41) is 21.4. The number of para-hydroxylation sites is 1. The standard InChI is InChI=1S/C14H21NO3/c1-11(16)5-4-10-15-14(18)9-8-12-6-2-3-7-13(12)17/h2-3,6-7,11,16-17H,4-5,8-10H2,1H3,(H,15,18). The summed E-state index contributed by atoms with van der Waals surface area (Å²) in [6.07, 6.45) is 2.06. The fraction of sp³-hybridized carbons (Fsp3) is 0.500. The van der Waals surface area contributed by atoms with Crippen LogP contribution < -0.4 is 5.32 Å². The van der Waals surface area contributed by atoms with Crippen molar-refractivity contribution < 1.29 is 15.0 Å². The van der Waals surface area contributed by atoms with E-state index in [1.165, 1.54) is 0 Å². The van der Waals surface area contributed by atoms with Crippen molar-refractivity contribution in [1.29, 1.82) is 0 Å². The van der Waals surface area contributed by atoms with Crippen molar-refractivity contribution in [3.63, 3.8) is 0 Å². The fourth-order valence-electron chi connectivity index (χ4n) is 1.68. The number of aliphatic hydroxyl groups is 1. The molecule has 0 fully saturated rings. The van der Waals surface area contributed by atoms with Crippen LogP contribution >= 0.6 is 0 Å². The molecule has 1 amide bonds. The van der Waals surface area contributed by atoms with Crippen molar-refractivity contribution in [3.05, 3.63) is 29.8 Å². The number of hydrogen-bond donors (Lipinski definition) is 3. The molecule has 1 rings (SSSR count). The van der Waals surface area contributed by atoms with Crippen LogP contribution in [0.2, 0.25) is 0 Å². The Bertz CT molecular complexity index is 377. The Morgan fingerprint density at radius 1 is 1.39 bits per heavy atom. The van der Waals surface area contributed by atoms with Crippen LogP contribution in [0.15, 0.2) is 24.3 Å². The average molecular weight is 251 g/mol. The highest BCUT2D eigenvalue weighted by molar-refractivity contribution is 5.76. The third-order valence-corrected chi connectivity index (χ3v) is 2.73. The number of aryl methyl sites for hydroxylation is 1. The van der Waals surface area contributed by atoms with Crippen LogP contribution in [-0.4, -0.2) is 28.8 Å². The van der Waals surface area contributed by atoms with Gasteiger partial charge in [0.15, 0.2) is 0 Å². The molecule has 0 radical (unpaired) electrons. The summed E-state index contributed by atoms with van der Waals surface area (Å²) in [7, 11) is 0.